The van der Waals surface area contributed by atoms with Crippen molar-refractivity contribution in [3.8, 4) is 23.0 Å². The molecule has 168 valence electrons. The molecule has 0 amide bonds. The number of para-hydroxylation sites is 4. The summed E-state index contributed by atoms with van der Waals surface area (Å²) in [5.74, 6) is 1.29. The predicted molar refractivity (Wildman–Crippen MR) is 118 cm³/mol. The molecule has 0 saturated carbocycles. The number of hydrogen-bond acceptors (Lipinski definition) is 7. The van der Waals surface area contributed by atoms with Crippen LogP contribution in [0.4, 0.5) is 0 Å². The summed E-state index contributed by atoms with van der Waals surface area (Å²) < 4.78 is 0. The van der Waals surface area contributed by atoms with E-state index in [1.165, 1.54) is 0 Å². The Bertz CT molecular complexity index is 756. The van der Waals surface area contributed by atoms with Crippen LogP contribution in [0.5, 0.6) is 23.0 Å². The van der Waals surface area contributed by atoms with Crippen LogP contribution in [0.1, 0.15) is 0 Å². The molecule has 0 aromatic heterocycles. The van der Waals surface area contributed by atoms with E-state index in [0.29, 0.717) is 23.0 Å². The number of hydrogen-bond donors (Lipinski definition) is 4. The molecule has 11 heteroatoms. The monoisotopic (exact) mass is 456 g/mol. The summed E-state index contributed by atoms with van der Waals surface area (Å²) in [5.41, 5.74) is 0. The first-order valence-electron chi connectivity index (χ1n) is 9.24. The Kier molecular flexibility index (Phi) is 32.1. The van der Waals surface area contributed by atoms with Crippen molar-refractivity contribution in [3.63, 3.8) is 0 Å². The third kappa shape index (κ3) is 31.8. The summed E-state index contributed by atoms with van der Waals surface area (Å²) in [6.07, 6.45) is 0. The Labute approximate surface area is 242 Å². The van der Waals surface area contributed by atoms with Crippen LogP contribution in [0.3, 0.4) is 0 Å². The first-order chi connectivity index (χ1) is 15.3. The normalized spacial score (nSPS) is 7.63. The van der Waals surface area contributed by atoms with Crippen molar-refractivity contribution in [1.29, 1.82) is 0 Å². The van der Waals surface area contributed by atoms with Gasteiger partial charge in [0, 0.05) is 0 Å². The molecule has 4 rings (SSSR count). The van der Waals surface area contributed by atoms with Gasteiger partial charge in [-0.15, -0.1) is 0 Å². The van der Waals surface area contributed by atoms with Crippen molar-refractivity contribution in [3.05, 3.63) is 121 Å². The smallest absolute Gasteiger partial charge is 0.907 e. The zero-order chi connectivity index (χ0) is 24.0. The van der Waals surface area contributed by atoms with Gasteiger partial charge in [-0.25, -0.2) is 0 Å². The van der Waals surface area contributed by atoms with Crippen LogP contribution in [0.2, 0.25) is 0 Å². The summed E-state index contributed by atoms with van der Waals surface area (Å²) in [6, 6.07) is 34.9. The molecule has 0 aliphatic rings. The van der Waals surface area contributed by atoms with Crippen LogP contribution < -0.4 is 71.7 Å². The van der Waals surface area contributed by atoms with Gasteiger partial charge in [-0.3, -0.25) is 7.32 Å². The van der Waals surface area contributed by atoms with Gasteiger partial charge in [0.25, 0.3) is 0 Å². The van der Waals surface area contributed by atoms with E-state index in [1.54, 1.807) is 97.1 Å². The van der Waals surface area contributed by atoms with Gasteiger partial charge in [-0.05, 0) is 48.5 Å². The Morgan fingerprint density at radius 2 is 0.457 bits per heavy atom. The minimum Gasteiger partial charge on any atom is -0.907 e. The Morgan fingerprint density at radius 1 is 0.343 bits per heavy atom. The molecule has 7 nitrogen and oxygen atoms in total. The Morgan fingerprint density at radius 3 is 0.514 bits per heavy atom. The van der Waals surface area contributed by atoms with Crippen molar-refractivity contribution < 1.29 is 92.1 Å². The van der Waals surface area contributed by atoms with E-state index in [1.807, 2.05) is 24.3 Å². The van der Waals surface area contributed by atoms with Crippen LogP contribution >= 0.6 is 0 Å². The quantitative estimate of drug-likeness (QED) is 0.192. The molecule has 0 aliphatic carbocycles. The predicted octanol–water partition coefficient (Wildman–Crippen LogP) is -7.37. The minimum atomic E-state index is -2.92. The summed E-state index contributed by atoms with van der Waals surface area (Å²) in [5, 5.41) is 59.8. The molecule has 0 atom stereocenters. The van der Waals surface area contributed by atoms with Gasteiger partial charge in [0.15, 0.2) is 0 Å². The molecular formula is C24H24BLi3O7. The van der Waals surface area contributed by atoms with Gasteiger partial charge in [-0.2, -0.15) is 0 Å². The van der Waals surface area contributed by atoms with Crippen molar-refractivity contribution in [1.82, 2.24) is 0 Å². The van der Waals surface area contributed by atoms with E-state index in [4.69, 9.17) is 35.5 Å². The maximum absolute atomic E-state index is 8.63. The van der Waals surface area contributed by atoms with Crippen molar-refractivity contribution >= 4 is 7.32 Å². The first-order valence-corrected chi connectivity index (χ1v) is 9.24. The molecule has 0 fully saturated rings. The number of rotatable bonds is 0. The molecule has 4 N–H and O–H groups in total. The van der Waals surface area contributed by atoms with E-state index in [9.17, 15) is 0 Å². The summed E-state index contributed by atoms with van der Waals surface area (Å²) in [4.78, 5) is 0. The van der Waals surface area contributed by atoms with Crippen molar-refractivity contribution in [2.75, 3.05) is 0 Å². The second kappa shape index (κ2) is 28.1. The van der Waals surface area contributed by atoms with Gasteiger partial charge < -0.3 is 35.5 Å². The van der Waals surface area contributed by atoms with Gasteiger partial charge >= 0.3 is 56.6 Å². The van der Waals surface area contributed by atoms with Gasteiger partial charge in [0.2, 0.25) is 0 Å². The molecule has 4 aromatic carbocycles. The van der Waals surface area contributed by atoms with E-state index < -0.39 is 7.32 Å². The SMILES string of the molecule is Oc1ccccc1.Oc1ccccc1.Oc1ccccc1.Oc1ccccc1.[Li+].[Li+].[Li+].[O-]B([O-])[O-]. The van der Waals surface area contributed by atoms with Crippen molar-refractivity contribution in [2.45, 2.75) is 0 Å². The van der Waals surface area contributed by atoms with Gasteiger partial charge in [-0.1, -0.05) is 72.8 Å². The number of benzene rings is 4. The van der Waals surface area contributed by atoms with Crippen LogP contribution in [0.15, 0.2) is 121 Å². The fourth-order valence-electron chi connectivity index (χ4n) is 1.71. The average molecular weight is 456 g/mol. The maximum atomic E-state index is 8.63. The fraction of sp³-hybridized carbons (Fsp3) is 0. The topological polar surface area (TPSA) is 150 Å². The second-order valence-electron chi connectivity index (χ2n) is 5.63. The molecule has 35 heavy (non-hydrogen) atoms. The third-order valence-electron chi connectivity index (χ3n) is 3.02. The Hall–Kier alpha value is -2.18. The summed E-state index contributed by atoms with van der Waals surface area (Å²) >= 11 is 0. The zero-order valence-electron chi connectivity index (χ0n) is 20.1. The molecule has 4 aromatic rings. The molecule has 0 spiro atoms. The first kappa shape index (κ1) is 40.0. The van der Waals surface area contributed by atoms with Crippen LogP contribution in [-0.4, -0.2) is 27.7 Å². The largest absolute Gasteiger partial charge is 1.00 e. The van der Waals surface area contributed by atoms with Crippen LogP contribution in [0.25, 0.3) is 0 Å². The molecule has 0 unspecified atom stereocenters. The number of phenolic OH excluding ortho intramolecular Hbond substituents is 4. The molecule has 0 bridgehead atoms. The molecular weight excluding hydrogens is 432 g/mol. The molecule has 0 radical (unpaired) electrons. The maximum Gasteiger partial charge on any atom is 1.00 e. The Balaban J connectivity index is -0.000000170. The number of aromatic hydroxyl groups is 4. The minimum absolute atomic E-state index is 0. The third-order valence-corrected chi connectivity index (χ3v) is 3.02. The van der Waals surface area contributed by atoms with Crippen LogP contribution in [-0.2, 0) is 0 Å². The molecule has 0 aliphatic heterocycles. The van der Waals surface area contributed by atoms with Crippen LogP contribution in [0, 0.1) is 0 Å². The average Bonchev–Trinajstić information content (AvgIpc) is 2.77. The summed E-state index contributed by atoms with van der Waals surface area (Å²) in [6.45, 7) is 0. The molecule has 0 heterocycles. The van der Waals surface area contributed by atoms with Gasteiger partial charge in [0.1, 0.15) is 23.0 Å². The summed E-state index contributed by atoms with van der Waals surface area (Å²) in [7, 11) is -2.92. The van der Waals surface area contributed by atoms with E-state index in [-0.39, 0.29) is 56.6 Å². The second-order valence-corrected chi connectivity index (χ2v) is 5.63. The fourth-order valence-corrected chi connectivity index (χ4v) is 1.71. The van der Waals surface area contributed by atoms with Crippen molar-refractivity contribution in [2.24, 2.45) is 0 Å². The standard InChI is InChI=1S/4C6H6O.BO3.3Li/c4*7-6-4-2-1-3-5-6;2-1(3)4;;;/h4*1-5,7H;;;;/q;;;;-3;3*+1. The van der Waals surface area contributed by atoms with E-state index >= 15 is 0 Å². The van der Waals surface area contributed by atoms with E-state index in [2.05, 4.69) is 0 Å². The number of phenols is 4. The van der Waals surface area contributed by atoms with E-state index in [0.717, 1.165) is 0 Å². The zero-order valence-corrected chi connectivity index (χ0v) is 20.1. The van der Waals surface area contributed by atoms with Gasteiger partial charge in [0.05, 0.1) is 0 Å². The molecule has 0 saturated heterocycles.